The highest BCUT2D eigenvalue weighted by Crippen LogP contribution is 2.17. The van der Waals surface area contributed by atoms with Crippen molar-refractivity contribution < 1.29 is 9.53 Å². The number of ether oxygens (including phenoxy) is 1. The number of hydrazine groups is 1. The molecule has 0 aliphatic rings. The van der Waals surface area contributed by atoms with E-state index >= 15 is 0 Å². The van der Waals surface area contributed by atoms with E-state index in [-0.39, 0.29) is 5.91 Å². The molecule has 0 atom stereocenters. The lowest BCUT2D eigenvalue weighted by Crippen LogP contribution is -2.45. The standard InChI is InChI=1S/C11H15N3O2S/c1-3-16-9-7-5-4-6-8(9)10(15)13-14-11(17)12-2/h4-7H,3H2,1-2H3,(H,13,15)(H2,12,14,17). The molecule has 1 aromatic rings. The molecule has 0 aliphatic carbocycles. The highest BCUT2D eigenvalue weighted by atomic mass is 32.1. The van der Waals surface area contributed by atoms with E-state index in [0.717, 1.165) is 0 Å². The smallest absolute Gasteiger partial charge is 0.273 e. The van der Waals surface area contributed by atoms with Crippen LogP contribution in [-0.4, -0.2) is 24.7 Å². The Bertz CT molecular complexity index is 409. The van der Waals surface area contributed by atoms with Crippen molar-refractivity contribution >= 4 is 23.2 Å². The van der Waals surface area contributed by atoms with Crippen molar-refractivity contribution in [2.45, 2.75) is 6.92 Å². The van der Waals surface area contributed by atoms with E-state index in [4.69, 9.17) is 17.0 Å². The third-order valence-electron chi connectivity index (χ3n) is 1.95. The second-order valence-electron chi connectivity index (χ2n) is 3.09. The van der Waals surface area contributed by atoms with Gasteiger partial charge in [0, 0.05) is 7.05 Å². The molecule has 1 amide bonds. The highest BCUT2D eigenvalue weighted by Gasteiger charge is 2.11. The molecule has 0 unspecified atom stereocenters. The molecule has 5 nitrogen and oxygen atoms in total. The minimum atomic E-state index is -0.299. The van der Waals surface area contributed by atoms with E-state index in [1.54, 1.807) is 25.2 Å². The Morgan fingerprint density at radius 1 is 1.35 bits per heavy atom. The molecule has 92 valence electrons. The maximum Gasteiger partial charge on any atom is 0.273 e. The predicted octanol–water partition coefficient (Wildman–Crippen LogP) is 0.824. The Kier molecular flexibility index (Phi) is 5.22. The van der Waals surface area contributed by atoms with Crippen LogP contribution in [0.4, 0.5) is 0 Å². The molecular weight excluding hydrogens is 238 g/mol. The van der Waals surface area contributed by atoms with Crippen LogP contribution in [0.2, 0.25) is 0 Å². The number of hydrogen-bond donors (Lipinski definition) is 3. The van der Waals surface area contributed by atoms with Crippen molar-refractivity contribution in [3.8, 4) is 5.75 Å². The topological polar surface area (TPSA) is 62.4 Å². The van der Waals surface area contributed by atoms with Gasteiger partial charge < -0.3 is 10.1 Å². The van der Waals surface area contributed by atoms with Crippen LogP contribution in [0.15, 0.2) is 24.3 Å². The van der Waals surface area contributed by atoms with Gasteiger partial charge in [0.15, 0.2) is 5.11 Å². The van der Waals surface area contributed by atoms with Crippen molar-refractivity contribution in [3.63, 3.8) is 0 Å². The van der Waals surface area contributed by atoms with Crippen molar-refractivity contribution in [1.82, 2.24) is 16.2 Å². The molecule has 0 aliphatic heterocycles. The quantitative estimate of drug-likeness (QED) is 0.550. The van der Waals surface area contributed by atoms with Gasteiger partial charge in [0.1, 0.15) is 5.75 Å². The van der Waals surface area contributed by atoms with Crippen molar-refractivity contribution in [2.75, 3.05) is 13.7 Å². The number of amides is 1. The van der Waals surface area contributed by atoms with Crippen LogP contribution < -0.4 is 20.9 Å². The number of rotatable bonds is 3. The minimum absolute atomic E-state index is 0.299. The monoisotopic (exact) mass is 253 g/mol. The first kappa shape index (κ1) is 13.2. The molecule has 0 fully saturated rings. The number of para-hydroxylation sites is 1. The van der Waals surface area contributed by atoms with Gasteiger partial charge in [-0.2, -0.15) is 0 Å². The van der Waals surface area contributed by atoms with Crippen LogP contribution >= 0.6 is 12.2 Å². The molecule has 1 rings (SSSR count). The number of hydrogen-bond acceptors (Lipinski definition) is 3. The molecule has 6 heteroatoms. The number of carbonyl (C=O) groups excluding carboxylic acids is 1. The molecule has 17 heavy (non-hydrogen) atoms. The van der Waals surface area contributed by atoms with Gasteiger partial charge in [-0.15, -0.1) is 0 Å². The fourth-order valence-corrected chi connectivity index (χ4v) is 1.23. The molecule has 0 aromatic heterocycles. The average Bonchev–Trinajstić information content (AvgIpc) is 2.36. The van der Waals surface area contributed by atoms with Gasteiger partial charge in [-0.1, -0.05) is 12.1 Å². The lowest BCUT2D eigenvalue weighted by Gasteiger charge is -2.11. The third kappa shape index (κ3) is 3.92. The summed E-state index contributed by atoms with van der Waals surface area (Å²) in [6.07, 6.45) is 0. The normalized spacial score (nSPS) is 9.29. The van der Waals surface area contributed by atoms with E-state index in [1.807, 2.05) is 13.0 Å². The summed E-state index contributed by atoms with van der Waals surface area (Å²) in [5.41, 5.74) is 5.50. The zero-order valence-corrected chi connectivity index (χ0v) is 10.6. The molecule has 1 aromatic carbocycles. The molecular formula is C11H15N3O2S. The third-order valence-corrected chi connectivity index (χ3v) is 2.25. The summed E-state index contributed by atoms with van der Waals surface area (Å²) in [5, 5.41) is 3.03. The second kappa shape index (κ2) is 6.70. The van der Waals surface area contributed by atoms with E-state index in [1.165, 1.54) is 0 Å². The summed E-state index contributed by atoms with van der Waals surface area (Å²) in [6.45, 7) is 2.37. The Morgan fingerprint density at radius 2 is 2.06 bits per heavy atom. The van der Waals surface area contributed by atoms with Gasteiger partial charge >= 0.3 is 0 Å². The van der Waals surface area contributed by atoms with Crippen LogP contribution in [0.1, 0.15) is 17.3 Å². The van der Waals surface area contributed by atoms with Gasteiger partial charge in [0.25, 0.3) is 5.91 Å². The molecule has 3 N–H and O–H groups in total. The SMILES string of the molecule is CCOc1ccccc1C(=O)NNC(=S)NC. The Labute approximate surface area is 106 Å². The van der Waals surface area contributed by atoms with E-state index < -0.39 is 0 Å². The van der Waals surface area contributed by atoms with Crippen LogP contribution in [0.5, 0.6) is 5.75 Å². The lowest BCUT2D eigenvalue weighted by molar-refractivity contribution is 0.0940. The summed E-state index contributed by atoms with van der Waals surface area (Å²) in [5.74, 6) is 0.247. The lowest BCUT2D eigenvalue weighted by atomic mass is 10.2. The van der Waals surface area contributed by atoms with E-state index in [0.29, 0.717) is 23.0 Å². The second-order valence-corrected chi connectivity index (χ2v) is 3.50. The average molecular weight is 253 g/mol. The first-order valence-electron chi connectivity index (χ1n) is 5.19. The summed E-state index contributed by atoms with van der Waals surface area (Å²) in [7, 11) is 1.66. The summed E-state index contributed by atoms with van der Waals surface area (Å²) in [4.78, 5) is 11.8. The largest absolute Gasteiger partial charge is 0.493 e. The minimum Gasteiger partial charge on any atom is -0.493 e. The number of nitrogens with one attached hydrogen (secondary N) is 3. The van der Waals surface area contributed by atoms with E-state index in [9.17, 15) is 4.79 Å². The van der Waals surface area contributed by atoms with Crippen molar-refractivity contribution in [3.05, 3.63) is 29.8 Å². The van der Waals surface area contributed by atoms with Crippen LogP contribution in [-0.2, 0) is 0 Å². The Balaban J connectivity index is 2.71. The molecule has 0 saturated heterocycles. The molecule has 0 radical (unpaired) electrons. The maximum absolute atomic E-state index is 11.8. The summed E-state index contributed by atoms with van der Waals surface area (Å²) >= 11 is 4.84. The van der Waals surface area contributed by atoms with Crippen LogP contribution in [0.25, 0.3) is 0 Å². The van der Waals surface area contributed by atoms with Gasteiger partial charge in [-0.25, -0.2) is 0 Å². The van der Waals surface area contributed by atoms with E-state index in [2.05, 4.69) is 16.2 Å². The van der Waals surface area contributed by atoms with Crippen molar-refractivity contribution in [2.24, 2.45) is 0 Å². The molecule has 0 heterocycles. The number of thiocarbonyl (C=S) groups is 1. The Morgan fingerprint density at radius 3 is 2.71 bits per heavy atom. The fourth-order valence-electron chi connectivity index (χ4n) is 1.18. The van der Waals surface area contributed by atoms with Crippen LogP contribution in [0.3, 0.4) is 0 Å². The molecule has 0 bridgehead atoms. The van der Waals surface area contributed by atoms with Gasteiger partial charge in [-0.3, -0.25) is 15.6 Å². The zero-order valence-electron chi connectivity index (χ0n) is 9.74. The van der Waals surface area contributed by atoms with Gasteiger partial charge in [-0.05, 0) is 31.3 Å². The molecule has 0 saturated carbocycles. The van der Waals surface area contributed by atoms with Crippen LogP contribution in [0, 0.1) is 0 Å². The first-order valence-corrected chi connectivity index (χ1v) is 5.59. The fraction of sp³-hybridized carbons (Fsp3) is 0.273. The maximum atomic E-state index is 11.8. The summed E-state index contributed by atoms with van der Waals surface area (Å²) < 4.78 is 5.35. The highest BCUT2D eigenvalue weighted by molar-refractivity contribution is 7.80. The summed E-state index contributed by atoms with van der Waals surface area (Å²) in [6, 6.07) is 7.01. The first-order chi connectivity index (χ1) is 8.19. The predicted molar refractivity (Wildman–Crippen MR) is 69.9 cm³/mol. The Hall–Kier alpha value is -1.82. The molecule has 0 spiro atoms. The van der Waals surface area contributed by atoms with Gasteiger partial charge in [0.05, 0.1) is 12.2 Å². The zero-order chi connectivity index (χ0) is 12.7. The number of carbonyl (C=O) groups is 1. The van der Waals surface area contributed by atoms with Crippen molar-refractivity contribution in [1.29, 1.82) is 0 Å². The van der Waals surface area contributed by atoms with Gasteiger partial charge in [0.2, 0.25) is 0 Å². The number of benzene rings is 1.